The number of aromatic nitrogens is 1. The Balaban J connectivity index is 2.08. The number of carbonyl (C=O) groups excluding carboxylic acids is 1. The first-order valence-corrected chi connectivity index (χ1v) is 6.61. The van der Waals surface area contributed by atoms with Gasteiger partial charge in [0.2, 0.25) is 0 Å². The lowest BCUT2D eigenvalue weighted by Crippen LogP contribution is -2.32. The van der Waals surface area contributed by atoms with Crippen molar-refractivity contribution < 1.29 is 9.18 Å². The van der Waals surface area contributed by atoms with E-state index in [2.05, 4.69) is 11.9 Å². The molecule has 0 bridgehead atoms. The Hall–Kier alpha value is -1.45. The van der Waals surface area contributed by atoms with E-state index in [1.54, 1.807) is 4.90 Å². The molecule has 0 saturated carbocycles. The maximum Gasteiger partial charge on any atom is 0.256 e. The van der Waals surface area contributed by atoms with Gasteiger partial charge in [0, 0.05) is 19.3 Å². The first kappa shape index (κ1) is 13.0. The zero-order chi connectivity index (χ0) is 13.0. The van der Waals surface area contributed by atoms with Gasteiger partial charge in [-0.1, -0.05) is 13.3 Å². The van der Waals surface area contributed by atoms with Crippen LogP contribution in [0.5, 0.6) is 0 Å². The molecule has 18 heavy (non-hydrogen) atoms. The minimum Gasteiger partial charge on any atom is -0.339 e. The van der Waals surface area contributed by atoms with Crippen molar-refractivity contribution in [3.05, 3.63) is 29.8 Å². The molecule has 1 saturated heterocycles. The number of rotatable bonds is 2. The molecule has 1 aromatic rings. The van der Waals surface area contributed by atoms with E-state index >= 15 is 0 Å². The summed E-state index contributed by atoms with van der Waals surface area (Å²) in [6, 6.07) is 1.46. The van der Waals surface area contributed by atoms with Gasteiger partial charge in [0.25, 0.3) is 5.91 Å². The molecule has 1 fully saturated rings. The Bertz CT molecular complexity index is 422. The molecule has 1 amide bonds. The highest BCUT2D eigenvalue weighted by Gasteiger charge is 2.22. The molecule has 3 nitrogen and oxygen atoms in total. The molecule has 1 unspecified atom stereocenters. The summed E-state index contributed by atoms with van der Waals surface area (Å²) in [5, 5.41) is 0. The van der Waals surface area contributed by atoms with Gasteiger partial charge in [0.15, 0.2) is 5.82 Å². The Labute approximate surface area is 107 Å². The number of nitrogens with zero attached hydrogens (tertiary/aromatic N) is 2. The highest BCUT2D eigenvalue weighted by Crippen LogP contribution is 2.21. The average molecular weight is 250 g/mol. The molecule has 4 heteroatoms. The van der Waals surface area contributed by atoms with Crippen LogP contribution in [0.2, 0.25) is 0 Å². The summed E-state index contributed by atoms with van der Waals surface area (Å²) < 4.78 is 13.5. The molecule has 1 aromatic heterocycles. The second kappa shape index (κ2) is 5.94. The Morgan fingerprint density at radius 3 is 3.06 bits per heavy atom. The molecular formula is C14H19FN2O. The summed E-state index contributed by atoms with van der Waals surface area (Å²) >= 11 is 0. The summed E-state index contributed by atoms with van der Waals surface area (Å²) in [5.41, 5.74) is 0.139. The van der Waals surface area contributed by atoms with E-state index in [4.69, 9.17) is 0 Å². The molecule has 0 spiro atoms. The maximum absolute atomic E-state index is 13.5. The van der Waals surface area contributed by atoms with E-state index in [1.165, 1.54) is 18.7 Å². The van der Waals surface area contributed by atoms with Crippen molar-refractivity contribution in [3.63, 3.8) is 0 Å². The number of halogens is 1. The first-order chi connectivity index (χ1) is 8.72. The molecule has 98 valence electrons. The van der Waals surface area contributed by atoms with Crippen LogP contribution in [0.3, 0.4) is 0 Å². The molecule has 0 aliphatic carbocycles. The van der Waals surface area contributed by atoms with Gasteiger partial charge < -0.3 is 4.90 Å². The predicted molar refractivity (Wildman–Crippen MR) is 67.7 cm³/mol. The lowest BCUT2D eigenvalue weighted by Gasteiger charge is -2.20. The van der Waals surface area contributed by atoms with Gasteiger partial charge in [0.05, 0.1) is 11.8 Å². The van der Waals surface area contributed by atoms with Crippen molar-refractivity contribution in [3.8, 4) is 0 Å². The number of pyridine rings is 1. The topological polar surface area (TPSA) is 33.2 Å². The van der Waals surface area contributed by atoms with Gasteiger partial charge >= 0.3 is 0 Å². The molecule has 0 radical (unpaired) electrons. The number of likely N-dealkylation sites (tertiary alicyclic amines) is 1. The molecule has 0 N–H and O–H groups in total. The zero-order valence-electron chi connectivity index (χ0n) is 10.7. The minimum absolute atomic E-state index is 0.139. The summed E-state index contributed by atoms with van der Waals surface area (Å²) in [6.07, 6.45) is 6.92. The van der Waals surface area contributed by atoms with Crippen LogP contribution in [-0.2, 0) is 0 Å². The lowest BCUT2D eigenvalue weighted by atomic mass is 9.98. The summed E-state index contributed by atoms with van der Waals surface area (Å²) in [6.45, 7) is 3.65. The smallest absolute Gasteiger partial charge is 0.256 e. The number of carbonyl (C=O) groups is 1. The van der Waals surface area contributed by atoms with E-state index in [0.717, 1.165) is 38.5 Å². The van der Waals surface area contributed by atoms with Gasteiger partial charge in [-0.05, 0) is 31.2 Å². The van der Waals surface area contributed by atoms with E-state index < -0.39 is 5.82 Å². The van der Waals surface area contributed by atoms with Crippen molar-refractivity contribution in [2.24, 2.45) is 5.92 Å². The molecule has 2 heterocycles. The van der Waals surface area contributed by atoms with Gasteiger partial charge in [-0.25, -0.2) is 4.39 Å². The minimum atomic E-state index is -0.529. The van der Waals surface area contributed by atoms with E-state index in [1.807, 2.05) is 0 Å². The molecule has 1 aliphatic rings. The fraction of sp³-hybridized carbons (Fsp3) is 0.571. The maximum atomic E-state index is 13.5. The quantitative estimate of drug-likeness (QED) is 0.808. The van der Waals surface area contributed by atoms with Gasteiger partial charge in [-0.2, -0.15) is 0 Å². The van der Waals surface area contributed by atoms with Crippen LogP contribution in [0.15, 0.2) is 18.5 Å². The average Bonchev–Trinajstić information content (AvgIpc) is 2.63. The number of hydrogen-bond donors (Lipinski definition) is 0. The summed E-state index contributed by atoms with van der Waals surface area (Å²) in [4.78, 5) is 17.7. The van der Waals surface area contributed by atoms with Gasteiger partial charge in [-0.3, -0.25) is 9.78 Å². The molecule has 1 atom stereocenters. The van der Waals surface area contributed by atoms with Crippen LogP contribution in [0, 0.1) is 11.7 Å². The Morgan fingerprint density at radius 2 is 2.33 bits per heavy atom. The van der Waals surface area contributed by atoms with Crippen molar-refractivity contribution in [2.75, 3.05) is 13.1 Å². The van der Waals surface area contributed by atoms with Crippen molar-refractivity contribution in [1.29, 1.82) is 0 Å². The van der Waals surface area contributed by atoms with E-state index in [9.17, 15) is 9.18 Å². The van der Waals surface area contributed by atoms with Crippen molar-refractivity contribution in [1.82, 2.24) is 9.88 Å². The zero-order valence-corrected chi connectivity index (χ0v) is 10.7. The molecule has 1 aliphatic heterocycles. The van der Waals surface area contributed by atoms with Crippen LogP contribution in [-0.4, -0.2) is 28.9 Å². The Kier molecular flexibility index (Phi) is 4.28. The van der Waals surface area contributed by atoms with Crippen LogP contribution in [0.1, 0.15) is 43.0 Å². The first-order valence-electron chi connectivity index (χ1n) is 6.61. The van der Waals surface area contributed by atoms with Crippen molar-refractivity contribution >= 4 is 5.91 Å². The third kappa shape index (κ3) is 2.86. The highest BCUT2D eigenvalue weighted by molar-refractivity contribution is 5.94. The fourth-order valence-electron chi connectivity index (χ4n) is 2.50. The van der Waals surface area contributed by atoms with Crippen LogP contribution >= 0.6 is 0 Å². The number of hydrogen-bond acceptors (Lipinski definition) is 2. The highest BCUT2D eigenvalue weighted by atomic mass is 19.1. The standard InChI is InChI=1S/C14H19FN2O/c1-2-11-4-3-8-17(9-6-11)14(18)12-5-7-16-10-13(12)15/h5,7,10-11H,2-4,6,8-9H2,1H3. The van der Waals surface area contributed by atoms with Crippen LogP contribution in [0.4, 0.5) is 4.39 Å². The number of amides is 1. The van der Waals surface area contributed by atoms with E-state index in [-0.39, 0.29) is 11.5 Å². The SMILES string of the molecule is CCC1CCCN(C(=O)c2ccncc2F)CC1. The van der Waals surface area contributed by atoms with E-state index in [0.29, 0.717) is 5.92 Å². The lowest BCUT2D eigenvalue weighted by molar-refractivity contribution is 0.0755. The molecule has 2 rings (SSSR count). The second-order valence-corrected chi connectivity index (χ2v) is 4.85. The van der Waals surface area contributed by atoms with Gasteiger partial charge in [0.1, 0.15) is 0 Å². The second-order valence-electron chi connectivity index (χ2n) is 4.85. The van der Waals surface area contributed by atoms with Crippen LogP contribution in [0.25, 0.3) is 0 Å². The summed E-state index contributed by atoms with van der Waals surface area (Å²) in [7, 11) is 0. The third-order valence-corrected chi connectivity index (χ3v) is 3.72. The van der Waals surface area contributed by atoms with Crippen molar-refractivity contribution in [2.45, 2.75) is 32.6 Å². The largest absolute Gasteiger partial charge is 0.339 e. The van der Waals surface area contributed by atoms with Gasteiger partial charge in [-0.15, -0.1) is 0 Å². The van der Waals surface area contributed by atoms with Crippen LogP contribution < -0.4 is 0 Å². The third-order valence-electron chi connectivity index (χ3n) is 3.72. The molecule has 0 aromatic carbocycles. The summed E-state index contributed by atoms with van der Waals surface area (Å²) in [5.74, 6) is -0.0319. The fourth-order valence-corrected chi connectivity index (χ4v) is 2.50. The monoisotopic (exact) mass is 250 g/mol. The predicted octanol–water partition coefficient (Wildman–Crippen LogP) is 2.87. The normalized spacial score (nSPS) is 20.6. The Morgan fingerprint density at radius 1 is 1.50 bits per heavy atom. The molecular weight excluding hydrogens is 231 g/mol.